The molecule has 34 heavy (non-hydrogen) atoms. The van der Waals surface area contributed by atoms with E-state index in [1.165, 1.54) is 0 Å². The van der Waals surface area contributed by atoms with Gasteiger partial charge in [0.25, 0.3) is 0 Å². The van der Waals surface area contributed by atoms with E-state index in [9.17, 15) is 79.8 Å². The van der Waals surface area contributed by atoms with Gasteiger partial charge in [0.2, 0.25) is 0 Å². The van der Waals surface area contributed by atoms with Crippen LogP contribution >= 0.6 is 0 Å². The highest BCUT2D eigenvalue weighted by Gasteiger charge is 2.77. The molecule has 0 N–H and O–H groups in total. The van der Waals surface area contributed by atoms with Gasteiger partial charge in [-0.15, -0.1) is 0 Å². The zero-order valence-corrected chi connectivity index (χ0v) is 15.5. The number of hydrogen-bond donors (Lipinski definition) is 0. The molecule has 2 atom stereocenters. The van der Waals surface area contributed by atoms with E-state index in [1.54, 1.807) is 0 Å². The van der Waals surface area contributed by atoms with Crippen LogP contribution in [0, 0.1) is 0 Å². The number of hydrogen-bond acceptors (Lipinski definition) is 6. The summed E-state index contributed by atoms with van der Waals surface area (Å²) in [6, 6.07) is 0. The van der Waals surface area contributed by atoms with E-state index < -0.39 is 73.9 Å². The third kappa shape index (κ3) is 6.24. The molecule has 202 valence electrons. The largest absolute Gasteiger partial charge is 0.462 e. The van der Waals surface area contributed by atoms with Gasteiger partial charge in [0, 0.05) is 13.8 Å². The van der Waals surface area contributed by atoms with Gasteiger partial charge in [-0.3, -0.25) is 9.47 Å². The summed E-state index contributed by atoms with van der Waals surface area (Å²) in [4.78, 5) is 27.9. The summed E-state index contributed by atoms with van der Waals surface area (Å²) in [6.07, 6.45) is -27.9. The van der Waals surface area contributed by atoms with Crippen LogP contribution in [0.4, 0.5) is 70.2 Å². The summed E-state index contributed by atoms with van der Waals surface area (Å²) >= 11 is 0. The predicted molar refractivity (Wildman–Crippen MR) is 65.3 cm³/mol. The van der Waals surface area contributed by atoms with Crippen LogP contribution in [0.5, 0.6) is 0 Å². The molecule has 0 aliphatic heterocycles. The van der Waals surface area contributed by atoms with Crippen molar-refractivity contribution >= 4 is 11.9 Å². The molecule has 0 saturated carbocycles. The molecule has 0 spiro atoms. The van der Waals surface area contributed by atoms with Crippen molar-refractivity contribution in [1.29, 1.82) is 0 Å². The molecule has 22 heteroatoms. The quantitative estimate of drug-likeness (QED) is 0.242. The fraction of sp³-hybridized carbons (Fsp3) is 0.833. The average molecular weight is 550 g/mol. The standard InChI is InChI=1S/C12H6F16O6/c1-5(13,33-11(25,26)7(15,16)9(19,20)21)3(29)31-32-4(30)6(2,14)34-12(27,28)8(17,18)10(22,23)24/h1-2H3. The van der Waals surface area contributed by atoms with E-state index in [1.807, 2.05) is 0 Å². The van der Waals surface area contributed by atoms with Crippen LogP contribution in [0.2, 0.25) is 0 Å². The maximum absolute atomic E-state index is 13.7. The normalized spacial score (nSPS) is 18.1. The van der Waals surface area contributed by atoms with Gasteiger partial charge in [0.15, 0.2) is 0 Å². The molecule has 0 heterocycles. The number of carbonyl (C=O) groups excluding carboxylic acids is 2. The van der Waals surface area contributed by atoms with Crippen LogP contribution in [0.25, 0.3) is 0 Å². The van der Waals surface area contributed by atoms with Crippen molar-refractivity contribution in [2.75, 3.05) is 0 Å². The lowest BCUT2D eigenvalue weighted by molar-refractivity contribution is -0.454. The fourth-order valence-electron chi connectivity index (χ4n) is 1.25. The molecule has 0 bridgehead atoms. The van der Waals surface area contributed by atoms with Crippen molar-refractivity contribution < 1.29 is 99.1 Å². The van der Waals surface area contributed by atoms with Crippen molar-refractivity contribution in [3.8, 4) is 0 Å². The number of alkyl halides is 16. The van der Waals surface area contributed by atoms with Crippen LogP contribution in [0.3, 0.4) is 0 Å². The summed E-state index contributed by atoms with van der Waals surface area (Å²) in [5.41, 5.74) is 0. The molecule has 2 unspecified atom stereocenters. The molecule has 6 nitrogen and oxygen atoms in total. The Labute approximate surface area is 174 Å². The number of ether oxygens (including phenoxy) is 2. The van der Waals surface area contributed by atoms with Crippen LogP contribution in [0.1, 0.15) is 13.8 Å². The lowest BCUT2D eigenvalue weighted by atomic mass is 10.3. The fourth-order valence-corrected chi connectivity index (χ4v) is 1.25. The minimum absolute atomic E-state index is 0.674. The third-order valence-electron chi connectivity index (χ3n) is 3.01. The van der Waals surface area contributed by atoms with E-state index in [-0.39, 0.29) is 0 Å². The SMILES string of the molecule is CC(F)(OC(F)(F)C(F)(F)C(F)(F)F)C(=O)OOC(=O)C(C)(F)OC(F)(F)C(F)(F)C(F)(F)F. The van der Waals surface area contributed by atoms with Gasteiger partial charge >= 0.3 is 60.1 Å². The highest BCUT2D eigenvalue weighted by atomic mass is 19.4. The molecular formula is C12H6F16O6. The lowest BCUT2D eigenvalue weighted by Crippen LogP contribution is -2.57. The molecule has 0 amide bonds. The van der Waals surface area contributed by atoms with Gasteiger partial charge in [-0.25, -0.2) is 19.4 Å². The minimum atomic E-state index is -7.16. The van der Waals surface area contributed by atoms with Crippen molar-refractivity contribution in [2.24, 2.45) is 0 Å². The average Bonchev–Trinajstić information content (AvgIpc) is 2.54. The molecule has 0 saturated heterocycles. The lowest BCUT2D eigenvalue weighted by Gasteiger charge is -2.31. The maximum Gasteiger partial charge on any atom is 0.462 e. The molecule has 0 aromatic carbocycles. The summed E-state index contributed by atoms with van der Waals surface area (Å²) in [6.45, 7) is -1.35. The number of carbonyl (C=O) groups is 2. The van der Waals surface area contributed by atoms with Gasteiger partial charge in [-0.05, 0) is 0 Å². The van der Waals surface area contributed by atoms with Gasteiger partial charge in [0.1, 0.15) is 0 Å². The Balaban J connectivity index is 5.45. The smallest absolute Gasteiger partial charge is 0.268 e. The van der Waals surface area contributed by atoms with Crippen LogP contribution in [-0.2, 0) is 28.8 Å². The molecule has 0 aromatic rings. The summed E-state index contributed by atoms with van der Waals surface area (Å²) in [7, 11) is 0. The monoisotopic (exact) mass is 550 g/mol. The first kappa shape index (κ1) is 31.7. The zero-order chi connectivity index (χ0) is 28.0. The van der Waals surface area contributed by atoms with E-state index in [4.69, 9.17) is 0 Å². The van der Waals surface area contributed by atoms with E-state index in [2.05, 4.69) is 19.2 Å². The van der Waals surface area contributed by atoms with Crippen molar-refractivity contribution in [3.05, 3.63) is 0 Å². The molecule has 0 aliphatic rings. The second-order valence-electron chi connectivity index (χ2n) is 5.96. The van der Waals surface area contributed by atoms with E-state index in [0.717, 1.165) is 0 Å². The first-order valence-corrected chi connectivity index (χ1v) is 7.32. The second-order valence-corrected chi connectivity index (χ2v) is 5.96. The van der Waals surface area contributed by atoms with Crippen molar-refractivity contribution in [1.82, 2.24) is 0 Å². The Morgan fingerprint density at radius 3 is 0.853 bits per heavy atom. The zero-order valence-electron chi connectivity index (χ0n) is 15.5. The minimum Gasteiger partial charge on any atom is -0.268 e. The summed E-state index contributed by atoms with van der Waals surface area (Å²) < 4.78 is 206. The molecule has 0 aromatic heterocycles. The topological polar surface area (TPSA) is 71.1 Å². The Bertz CT molecular complexity index is 703. The Kier molecular flexibility index (Phi) is 8.17. The van der Waals surface area contributed by atoms with Crippen LogP contribution in [0.15, 0.2) is 0 Å². The number of halogens is 16. The highest BCUT2D eigenvalue weighted by molar-refractivity contribution is 5.80. The first-order chi connectivity index (χ1) is 14.5. The first-order valence-electron chi connectivity index (χ1n) is 7.32. The van der Waals surface area contributed by atoms with Gasteiger partial charge in [-0.2, -0.15) is 70.2 Å². The molecule has 0 rings (SSSR count). The van der Waals surface area contributed by atoms with E-state index in [0.29, 0.717) is 0 Å². The third-order valence-corrected chi connectivity index (χ3v) is 3.01. The molecule has 0 fully saturated rings. The predicted octanol–water partition coefficient (Wildman–Crippen LogP) is 4.97. The number of rotatable bonds is 8. The van der Waals surface area contributed by atoms with Crippen molar-refractivity contribution in [3.63, 3.8) is 0 Å². The summed E-state index contributed by atoms with van der Waals surface area (Å²) in [5.74, 6) is -31.2. The van der Waals surface area contributed by atoms with Gasteiger partial charge in [0.05, 0.1) is 0 Å². The van der Waals surface area contributed by atoms with E-state index >= 15 is 0 Å². The highest BCUT2D eigenvalue weighted by Crippen LogP contribution is 2.50. The van der Waals surface area contributed by atoms with Gasteiger partial charge in [-0.1, -0.05) is 0 Å². The molecule has 0 aliphatic carbocycles. The Morgan fingerprint density at radius 2 is 0.676 bits per heavy atom. The van der Waals surface area contributed by atoms with Crippen molar-refractivity contribution in [2.45, 2.75) is 62.0 Å². The second kappa shape index (κ2) is 8.75. The van der Waals surface area contributed by atoms with Crippen LogP contribution in [-0.4, -0.2) is 60.1 Å². The molecular weight excluding hydrogens is 544 g/mol. The maximum atomic E-state index is 13.7. The Morgan fingerprint density at radius 1 is 0.471 bits per heavy atom. The van der Waals surface area contributed by atoms with Crippen LogP contribution < -0.4 is 0 Å². The Hall–Kier alpha value is -2.26. The molecule has 0 radical (unpaired) electrons. The summed E-state index contributed by atoms with van der Waals surface area (Å²) in [5, 5.41) is 0. The van der Waals surface area contributed by atoms with Gasteiger partial charge < -0.3 is 0 Å².